The summed E-state index contributed by atoms with van der Waals surface area (Å²) in [6, 6.07) is 22.9. The van der Waals surface area contributed by atoms with Gasteiger partial charge in [-0.2, -0.15) is 0 Å². The van der Waals surface area contributed by atoms with Crippen LogP contribution in [0, 0.1) is 0 Å². The molecule has 0 spiro atoms. The average Bonchev–Trinajstić information content (AvgIpc) is 2.69. The molecule has 0 radical (unpaired) electrons. The molecule has 0 fully saturated rings. The third kappa shape index (κ3) is 5.14. The van der Waals surface area contributed by atoms with E-state index < -0.39 is 0 Å². The SMILES string of the molecule is CC(=O)c1ccc(NC(=O)c2ccc(NC(=O)Cc3ccccc3)cc2)cc1. The van der Waals surface area contributed by atoms with Crippen molar-refractivity contribution in [3.05, 3.63) is 95.6 Å². The molecule has 3 aromatic carbocycles. The van der Waals surface area contributed by atoms with Crippen LogP contribution >= 0.6 is 0 Å². The molecule has 3 rings (SSSR count). The average molecular weight is 372 g/mol. The summed E-state index contributed by atoms with van der Waals surface area (Å²) in [6.07, 6.45) is 0.291. The van der Waals surface area contributed by atoms with Gasteiger partial charge in [0.1, 0.15) is 0 Å². The minimum atomic E-state index is -0.266. The maximum absolute atomic E-state index is 12.3. The number of carbonyl (C=O) groups excluding carboxylic acids is 3. The summed E-state index contributed by atoms with van der Waals surface area (Å²) in [5, 5.41) is 5.60. The summed E-state index contributed by atoms with van der Waals surface area (Å²) in [5.41, 5.74) is 3.23. The van der Waals surface area contributed by atoms with Crippen molar-refractivity contribution in [2.75, 3.05) is 10.6 Å². The number of Topliss-reactive ketones (excluding diaryl/α,β-unsaturated/α-hetero) is 1. The van der Waals surface area contributed by atoms with E-state index in [1.807, 2.05) is 30.3 Å². The summed E-state index contributed by atoms with van der Waals surface area (Å²) < 4.78 is 0. The zero-order valence-electron chi connectivity index (χ0n) is 15.4. The molecule has 2 N–H and O–H groups in total. The molecule has 28 heavy (non-hydrogen) atoms. The highest BCUT2D eigenvalue weighted by molar-refractivity contribution is 6.05. The van der Waals surface area contributed by atoms with Gasteiger partial charge in [0.15, 0.2) is 5.78 Å². The first kappa shape index (κ1) is 19.0. The van der Waals surface area contributed by atoms with Crippen molar-refractivity contribution < 1.29 is 14.4 Å². The highest BCUT2D eigenvalue weighted by Gasteiger charge is 2.08. The Bertz CT molecular complexity index is 979. The van der Waals surface area contributed by atoms with Gasteiger partial charge in [0.25, 0.3) is 5.91 Å². The predicted octanol–water partition coefficient (Wildman–Crippen LogP) is 4.32. The lowest BCUT2D eigenvalue weighted by Crippen LogP contribution is -2.15. The van der Waals surface area contributed by atoms with Crippen molar-refractivity contribution in [1.82, 2.24) is 0 Å². The van der Waals surface area contributed by atoms with E-state index in [0.717, 1.165) is 5.56 Å². The molecule has 2 amide bonds. The predicted molar refractivity (Wildman–Crippen MR) is 110 cm³/mol. The minimum absolute atomic E-state index is 0.0252. The highest BCUT2D eigenvalue weighted by Crippen LogP contribution is 2.14. The van der Waals surface area contributed by atoms with Crippen LogP contribution < -0.4 is 10.6 Å². The maximum Gasteiger partial charge on any atom is 0.255 e. The van der Waals surface area contributed by atoms with Gasteiger partial charge in [0.2, 0.25) is 5.91 Å². The Hall–Kier alpha value is -3.73. The minimum Gasteiger partial charge on any atom is -0.326 e. The Labute approximate surface area is 163 Å². The Kier molecular flexibility index (Phi) is 5.97. The van der Waals surface area contributed by atoms with Crippen molar-refractivity contribution in [3.63, 3.8) is 0 Å². The second-order valence-corrected chi connectivity index (χ2v) is 6.38. The van der Waals surface area contributed by atoms with Gasteiger partial charge in [0, 0.05) is 22.5 Å². The van der Waals surface area contributed by atoms with Gasteiger partial charge in [-0.3, -0.25) is 14.4 Å². The third-order valence-corrected chi connectivity index (χ3v) is 4.19. The first-order valence-corrected chi connectivity index (χ1v) is 8.87. The van der Waals surface area contributed by atoms with E-state index in [2.05, 4.69) is 10.6 Å². The van der Waals surface area contributed by atoms with E-state index in [4.69, 9.17) is 0 Å². The van der Waals surface area contributed by atoms with E-state index >= 15 is 0 Å². The number of rotatable bonds is 6. The Morgan fingerprint density at radius 3 is 1.79 bits per heavy atom. The van der Waals surface area contributed by atoms with Gasteiger partial charge >= 0.3 is 0 Å². The summed E-state index contributed by atoms with van der Waals surface area (Å²) >= 11 is 0. The fourth-order valence-electron chi connectivity index (χ4n) is 2.68. The molecule has 5 heteroatoms. The second-order valence-electron chi connectivity index (χ2n) is 6.38. The van der Waals surface area contributed by atoms with Crippen molar-refractivity contribution >= 4 is 29.0 Å². The van der Waals surface area contributed by atoms with Gasteiger partial charge in [-0.05, 0) is 61.0 Å². The first-order valence-electron chi connectivity index (χ1n) is 8.87. The molecule has 140 valence electrons. The van der Waals surface area contributed by atoms with Crippen LogP contribution in [0.25, 0.3) is 0 Å². The van der Waals surface area contributed by atoms with Crippen LogP contribution in [0.5, 0.6) is 0 Å². The molecular formula is C23H20N2O3. The standard InChI is InChI=1S/C23H20N2O3/c1-16(26)18-7-11-21(12-8-18)25-23(28)19-9-13-20(14-10-19)24-22(27)15-17-5-3-2-4-6-17/h2-14H,15H2,1H3,(H,24,27)(H,25,28). The molecule has 0 aliphatic rings. The molecule has 0 bridgehead atoms. The number of nitrogens with one attached hydrogen (secondary N) is 2. The number of ketones is 1. The fourth-order valence-corrected chi connectivity index (χ4v) is 2.68. The van der Waals surface area contributed by atoms with Gasteiger partial charge in [-0.1, -0.05) is 30.3 Å². The number of hydrogen-bond acceptors (Lipinski definition) is 3. The van der Waals surface area contributed by atoms with E-state index in [9.17, 15) is 14.4 Å². The van der Waals surface area contributed by atoms with Gasteiger partial charge in [-0.25, -0.2) is 0 Å². The molecule has 3 aromatic rings. The monoisotopic (exact) mass is 372 g/mol. The molecule has 0 unspecified atom stereocenters. The summed E-state index contributed by atoms with van der Waals surface area (Å²) in [5.74, 6) is -0.408. The fraction of sp³-hybridized carbons (Fsp3) is 0.0870. The lowest BCUT2D eigenvalue weighted by atomic mass is 10.1. The van der Waals surface area contributed by atoms with Crippen LogP contribution in [0.15, 0.2) is 78.9 Å². The molecule has 0 saturated heterocycles. The number of carbonyl (C=O) groups is 3. The number of benzene rings is 3. The summed E-state index contributed by atoms with van der Waals surface area (Å²) in [4.78, 5) is 35.7. The first-order chi connectivity index (χ1) is 13.5. The zero-order valence-corrected chi connectivity index (χ0v) is 15.4. The largest absolute Gasteiger partial charge is 0.326 e. The molecule has 0 saturated carbocycles. The van der Waals surface area contributed by atoms with Gasteiger partial charge < -0.3 is 10.6 Å². The van der Waals surface area contributed by atoms with Crippen molar-refractivity contribution in [2.45, 2.75) is 13.3 Å². The second kappa shape index (κ2) is 8.77. The number of hydrogen-bond donors (Lipinski definition) is 2. The van der Waals surface area contributed by atoms with Crippen LogP contribution in [-0.4, -0.2) is 17.6 Å². The molecule has 0 atom stereocenters. The topological polar surface area (TPSA) is 75.3 Å². The van der Waals surface area contributed by atoms with Crippen LogP contribution in [0.2, 0.25) is 0 Å². The molecule has 0 aromatic heterocycles. The Balaban J connectivity index is 1.58. The quantitative estimate of drug-likeness (QED) is 0.633. The van der Waals surface area contributed by atoms with Crippen molar-refractivity contribution in [1.29, 1.82) is 0 Å². The van der Waals surface area contributed by atoms with E-state index in [0.29, 0.717) is 28.9 Å². The van der Waals surface area contributed by atoms with Crippen molar-refractivity contribution in [3.8, 4) is 0 Å². The van der Waals surface area contributed by atoms with Crippen molar-refractivity contribution in [2.24, 2.45) is 0 Å². The normalized spacial score (nSPS) is 10.2. The number of anilines is 2. The lowest BCUT2D eigenvalue weighted by Gasteiger charge is -2.08. The van der Waals surface area contributed by atoms with E-state index in [-0.39, 0.29) is 17.6 Å². The molecule has 0 heterocycles. The van der Waals surface area contributed by atoms with Crippen LogP contribution in [0.4, 0.5) is 11.4 Å². The van der Waals surface area contributed by atoms with Gasteiger partial charge in [-0.15, -0.1) is 0 Å². The van der Waals surface area contributed by atoms with E-state index in [1.54, 1.807) is 48.5 Å². The van der Waals surface area contributed by atoms with Crippen LogP contribution in [0.1, 0.15) is 33.2 Å². The van der Waals surface area contributed by atoms with Crippen LogP contribution in [-0.2, 0) is 11.2 Å². The van der Waals surface area contributed by atoms with E-state index in [1.165, 1.54) is 6.92 Å². The highest BCUT2D eigenvalue weighted by atomic mass is 16.2. The number of amides is 2. The Morgan fingerprint density at radius 1 is 0.679 bits per heavy atom. The molecule has 0 aliphatic heterocycles. The molecular weight excluding hydrogens is 352 g/mol. The maximum atomic E-state index is 12.3. The molecule has 0 aliphatic carbocycles. The Morgan fingerprint density at radius 2 is 1.21 bits per heavy atom. The lowest BCUT2D eigenvalue weighted by molar-refractivity contribution is -0.115. The zero-order chi connectivity index (χ0) is 19.9. The third-order valence-electron chi connectivity index (χ3n) is 4.19. The van der Waals surface area contributed by atoms with Crippen LogP contribution in [0.3, 0.4) is 0 Å². The van der Waals surface area contributed by atoms with Gasteiger partial charge in [0.05, 0.1) is 6.42 Å². The summed E-state index contributed by atoms with van der Waals surface area (Å²) in [7, 11) is 0. The molecule has 5 nitrogen and oxygen atoms in total. The summed E-state index contributed by atoms with van der Waals surface area (Å²) in [6.45, 7) is 1.49. The smallest absolute Gasteiger partial charge is 0.255 e.